The molecule has 0 bridgehead atoms. The van der Waals surface area contributed by atoms with Crippen LogP contribution in [0.25, 0.3) is 0 Å². The fourth-order valence-electron chi connectivity index (χ4n) is 1.59. The third-order valence-electron chi connectivity index (χ3n) is 2.57. The smallest absolute Gasteiger partial charge is 0.311 e. The molecule has 0 amide bonds. The molecule has 0 fully saturated rings. The van der Waals surface area contributed by atoms with Crippen molar-refractivity contribution in [2.75, 3.05) is 0 Å². The lowest BCUT2D eigenvalue weighted by atomic mass is 10.2. The summed E-state index contributed by atoms with van der Waals surface area (Å²) in [6.07, 6.45) is 0. The molecule has 0 aliphatic carbocycles. The van der Waals surface area contributed by atoms with Gasteiger partial charge in [-0.15, -0.1) is 0 Å². The molecule has 0 saturated carbocycles. The first-order valence-electron chi connectivity index (χ1n) is 5.61. The molecule has 0 aliphatic rings. The molecule has 0 radical (unpaired) electrons. The first kappa shape index (κ1) is 14.2. The molecule has 0 spiro atoms. The number of nitro groups is 1. The lowest BCUT2D eigenvalue weighted by Crippen LogP contribution is -1.98. The van der Waals surface area contributed by atoms with Crippen molar-refractivity contribution >= 4 is 17.3 Å². The number of benzene rings is 2. The summed E-state index contributed by atoms with van der Waals surface area (Å²) in [4.78, 5) is 10.3. The summed E-state index contributed by atoms with van der Waals surface area (Å²) >= 11 is 5.76. The first-order chi connectivity index (χ1) is 9.51. The highest BCUT2D eigenvalue weighted by atomic mass is 35.5. The Kier molecular flexibility index (Phi) is 4.16. The quantitative estimate of drug-likeness (QED) is 0.690. The van der Waals surface area contributed by atoms with Gasteiger partial charge in [-0.25, -0.2) is 4.39 Å². The standard InChI is InChI=1S/C13H10ClFN2O3/c14-9-2-3-11(17(18)19)13(6-9)20-12-4-1-8(7-16)5-10(12)15/h1-6H,7,16H2. The van der Waals surface area contributed by atoms with Crippen LogP contribution < -0.4 is 10.5 Å². The van der Waals surface area contributed by atoms with Gasteiger partial charge in [0.15, 0.2) is 11.6 Å². The molecule has 0 aromatic heterocycles. The Balaban J connectivity index is 2.39. The second-order valence-corrected chi connectivity index (χ2v) is 4.38. The molecule has 0 saturated heterocycles. The molecule has 7 heteroatoms. The summed E-state index contributed by atoms with van der Waals surface area (Å²) in [7, 11) is 0. The minimum Gasteiger partial charge on any atom is -0.447 e. The number of nitrogens with zero attached hydrogens (tertiary/aromatic N) is 1. The average molecular weight is 297 g/mol. The molecular formula is C13H10ClFN2O3. The van der Waals surface area contributed by atoms with E-state index in [0.717, 1.165) is 0 Å². The molecule has 0 unspecified atom stereocenters. The molecule has 104 valence electrons. The number of rotatable bonds is 4. The molecule has 0 heterocycles. The zero-order valence-corrected chi connectivity index (χ0v) is 10.9. The van der Waals surface area contributed by atoms with Crippen LogP contribution in [-0.2, 0) is 6.54 Å². The van der Waals surface area contributed by atoms with Crippen molar-refractivity contribution in [2.24, 2.45) is 5.73 Å². The Morgan fingerprint density at radius 3 is 2.60 bits per heavy atom. The van der Waals surface area contributed by atoms with E-state index < -0.39 is 10.7 Å². The third kappa shape index (κ3) is 3.04. The van der Waals surface area contributed by atoms with Crippen LogP contribution in [0.5, 0.6) is 11.5 Å². The maximum atomic E-state index is 13.8. The van der Waals surface area contributed by atoms with Gasteiger partial charge in [-0.2, -0.15) is 0 Å². The predicted molar refractivity (Wildman–Crippen MR) is 72.5 cm³/mol. The summed E-state index contributed by atoms with van der Waals surface area (Å²) in [5.74, 6) is -0.906. The van der Waals surface area contributed by atoms with Gasteiger partial charge < -0.3 is 10.5 Å². The van der Waals surface area contributed by atoms with Crippen LogP contribution in [0.2, 0.25) is 5.02 Å². The zero-order valence-electron chi connectivity index (χ0n) is 10.2. The number of ether oxygens (including phenoxy) is 1. The van der Waals surface area contributed by atoms with Gasteiger partial charge in [-0.05, 0) is 23.8 Å². The van der Waals surface area contributed by atoms with E-state index in [-0.39, 0.29) is 28.8 Å². The monoisotopic (exact) mass is 296 g/mol. The average Bonchev–Trinajstić information content (AvgIpc) is 2.40. The van der Waals surface area contributed by atoms with Crippen molar-refractivity contribution in [1.29, 1.82) is 0 Å². The number of halogens is 2. The fourth-order valence-corrected chi connectivity index (χ4v) is 1.76. The van der Waals surface area contributed by atoms with Gasteiger partial charge in [0.25, 0.3) is 0 Å². The highest BCUT2D eigenvalue weighted by Gasteiger charge is 2.17. The summed E-state index contributed by atoms with van der Waals surface area (Å²) < 4.78 is 19.0. The summed E-state index contributed by atoms with van der Waals surface area (Å²) in [6, 6.07) is 7.98. The highest BCUT2D eigenvalue weighted by Crippen LogP contribution is 2.34. The van der Waals surface area contributed by atoms with Crippen molar-refractivity contribution in [3.8, 4) is 11.5 Å². The SMILES string of the molecule is NCc1ccc(Oc2cc(Cl)ccc2[N+](=O)[O-])c(F)c1. The van der Waals surface area contributed by atoms with E-state index in [4.69, 9.17) is 22.1 Å². The van der Waals surface area contributed by atoms with Gasteiger partial charge in [-0.3, -0.25) is 10.1 Å². The highest BCUT2D eigenvalue weighted by molar-refractivity contribution is 6.30. The van der Waals surface area contributed by atoms with Gasteiger partial charge >= 0.3 is 5.69 Å². The number of hydrogen-bond donors (Lipinski definition) is 1. The van der Waals surface area contributed by atoms with E-state index in [9.17, 15) is 14.5 Å². The van der Waals surface area contributed by atoms with Gasteiger partial charge in [-0.1, -0.05) is 17.7 Å². The number of hydrogen-bond acceptors (Lipinski definition) is 4. The van der Waals surface area contributed by atoms with Crippen molar-refractivity contribution in [2.45, 2.75) is 6.54 Å². The molecule has 20 heavy (non-hydrogen) atoms. The number of nitrogens with two attached hydrogens (primary N) is 1. The van der Waals surface area contributed by atoms with Gasteiger partial charge in [0.1, 0.15) is 0 Å². The van der Waals surface area contributed by atoms with E-state index in [0.29, 0.717) is 5.56 Å². The minimum atomic E-state index is -0.651. The second-order valence-electron chi connectivity index (χ2n) is 3.94. The maximum Gasteiger partial charge on any atom is 0.311 e. The maximum absolute atomic E-state index is 13.8. The summed E-state index contributed by atoms with van der Waals surface area (Å²) in [6.45, 7) is 0.189. The molecule has 0 atom stereocenters. The Morgan fingerprint density at radius 1 is 1.25 bits per heavy atom. The van der Waals surface area contributed by atoms with Crippen LogP contribution in [0, 0.1) is 15.9 Å². The molecule has 2 rings (SSSR count). The van der Waals surface area contributed by atoms with Gasteiger partial charge in [0.05, 0.1) is 4.92 Å². The van der Waals surface area contributed by atoms with Gasteiger partial charge in [0, 0.05) is 23.7 Å². The zero-order chi connectivity index (χ0) is 14.7. The normalized spacial score (nSPS) is 10.3. The van der Waals surface area contributed by atoms with E-state index >= 15 is 0 Å². The van der Waals surface area contributed by atoms with Crippen LogP contribution >= 0.6 is 11.6 Å². The molecule has 2 aromatic rings. The Hall–Kier alpha value is -2.18. The van der Waals surface area contributed by atoms with E-state index in [1.165, 1.54) is 30.3 Å². The van der Waals surface area contributed by atoms with Crippen LogP contribution in [0.1, 0.15) is 5.56 Å². The van der Waals surface area contributed by atoms with Gasteiger partial charge in [0.2, 0.25) is 5.75 Å². The van der Waals surface area contributed by atoms with Crippen molar-refractivity contribution < 1.29 is 14.1 Å². The topological polar surface area (TPSA) is 78.4 Å². The van der Waals surface area contributed by atoms with Crippen LogP contribution in [0.3, 0.4) is 0 Å². The Morgan fingerprint density at radius 2 is 2.00 bits per heavy atom. The third-order valence-corrected chi connectivity index (χ3v) is 2.81. The molecule has 2 aromatic carbocycles. The van der Waals surface area contributed by atoms with E-state index in [1.54, 1.807) is 6.07 Å². The Bertz CT molecular complexity index is 664. The van der Waals surface area contributed by atoms with Crippen molar-refractivity contribution in [1.82, 2.24) is 0 Å². The summed E-state index contributed by atoms with van der Waals surface area (Å²) in [5, 5.41) is 11.1. The predicted octanol–water partition coefficient (Wildman–Crippen LogP) is 3.64. The molecule has 0 aliphatic heterocycles. The van der Waals surface area contributed by atoms with Crippen LogP contribution in [-0.4, -0.2) is 4.92 Å². The number of nitro benzene ring substituents is 1. The van der Waals surface area contributed by atoms with E-state index in [2.05, 4.69) is 0 Å². The largest absolute Gasteiger partial charge is 0.447 e. The Labute approximate surface area is 118 Å². The van der Waals surface area contributed by atoms with E-state index in [1.807, 2.05) is 0 Å². The van der Waals surface area contributed by atoms with Crippen molar-refractivity contribution in [3.05, 3.63) is 62.9 Å². The molecule has 2 N–H and O–H groups in total. The molecular weight excluding hydrogens is 287 g/mol. The lowest BCUT2D eigenvalue weighted by molar-refractivity contribution is -0.385. The van der Waals surface area contributed by atoms with Crippen LogP contribution in [0.4, 0.5) is 10.1 Å². The fraction of sp³-hybridized carbons (Fsp3) is 0.0769. The molecule has 5 nitrogen and oxygen atoms in total. The van der Waals surface area contributed by atoms with Crippen molar-refractivity contribution in [3.63, 3.8) is 0 Å². The lowest BCUT2D eigenvalue weighted by Gasteiger charge is -2.08. The summed E-state index contributed by atoms with van der Waals surface area (Å²) in [5.41, 5.74) is 5.69. The second kappa shape index (κ2) is 5.85. The van der Waals surface area contributed by atoms with Crippen LogP contribution in [0.15, 0.2) is 36.4 Å². The first-order valence-corrected chi connectivity index (χ1v) is 5.99. The minimum absolute atomic E-state index is 0.123.